The third-order valence-electron chi connectivity index (χ3n) is 4.29. The van der Waals surface area contributed by atoms with E-state index in [2.05, 4.69) is 15.0 Å². The van der Waals surface area contributed by atoms with Crippen molar-refractivity contribution in [2.75, 3.05) is 17.6 Å². The van der Waals surface area contributed by atoms with Crippen molar-refractivity contribution in [3.05, 3.63) is 53.7 Å². The normalized spacial score (nSPS) is 12.2. The first-order chi connectivity index (χ1) is 13.4. The predicted molar refractivity (Wildman–Crippen MR) is 110 cm³/mol. The fourth-order valence-electron chi connectivity index (χ4n) is 2.70. The number of ether oxygens (including phenoxy) is 1. The molecule has 2 rings (SSSR count). The van der Waals surface area contributed by atoms with E-state index in [1.54, 1.807) is 43.6 Å². The molecule has 1 aromatic heterocycles. The van der Waals surface area contributed by atoms with Crippen LogP contribution in [0.1, 0.15) is 55.1 Å². The molecule has 8 heteroatoms. The van der Waals surface area contributed by atoms with E-state index >= 15 is 0 Å². The average molecular weight is 406 g/mol. The zero-order chi connectivity index (χ0) is 20.6. The molecule has 0 aliphatic heterocycles. The highest BCUT2D eigenvalue weighted by Crippen LogP contribution is 2.21. The number of carbonyl (C=O) groups is 1. The number of unbranched alkanes of at least 4 members (excludes halogenated alkanes) is 1. The lowest BCUT2D eigenvalue weighted by molar-refractivity contribution is 0.0936. The van der Waals surface area contributed by atoms with E-state index in [0.29, 0.717) is 18.7 Å². The molecule has 0 bridgehead atoms. The van der Waals surface area contributed by atoms with Gasteiger partial charge in [0.05, 0.1) is 30.2 Å². The maximum Gasteiger partial charge on any atom is 0.253 e. The summed E-state index contributed by atoms with van der Waals surface area (Å²) in [4.78, 5) is 17.0. The van der Waals surface area contributed by atoms with Gasteiger partial charge in [0.1, 0.15) is 0 Å². The molecule has 1 amide bonds. The van der Waals surface area contributed by atoms with E-state index in [1.165, 1.54) is 0 Å². The van der Waals surface area contributed by atoms with E-state index in [4.69, 9.17) is 4.74 Å². The van der Waals surface area contributed by atoms with Gasteiger partial charge in [0, 0.05) is 12.3 Å². The fourth-order valence-corrected chi connectivity index (χ4v) is 3.98. The van der Waals surface area contributed by atoms with Crippen LogP contribution in [-0.2, 0) is 10.0 Å². The second kappa shape index (κ2) is 10.1. The molecule has 0 spiro atoms. The Balaban J connectivity index is 2.18. The number of hydrogen-bond donors (Lipinski definition) is 2. The van der Waals surface area contributed by atoms with Crippen molar-refractivity contribution >= 4 is 21.6 Å². The molecule has 2 aromatic rings. The summed E-state index contributed by atoms with van der Waals surface area (Å²) < 4.78 is 32.1. The van der Waals surface area contributed by atoms with E-state index in [0.717, 1.165) is 12.0 Å². The van der Waals surface area contributed by atoms with Crippen LogP contribution < -0.4 is 14.8 Å². The van der Waals surface area contributed by atoms with Crippen molar-refractivity contribution in [3.63, 3.8) is 0 Å². The van der Waals surface area contributed by atoms with E-state index < -0.39 is 10.0 Å². The number of anilines is 1. The van der Waals surface area contributed by atoms with Crippen LogP contribution in [0.15, 0.2) is 42.6 Å². The number of benzene rings is 1. The average Bonchev–Trinajstić information content (AvgIpc) is 2.70. The van der Waals surface area contributed by atoms with Crippen LogP contribution in [0, 0.1) is 0 Å². The number of sulfonamides is 1. The van der Waals surface area contributed by atoms with Gasteiger partial charge in [-0.3, -0.25) is 9.52 Å². The van der Waals surface area contributed by atoms with Gasteiger partial charge in [0.25, 0.3) is 5.91 Å². The lowest BCUT2D eigenvalue weighted by Gasteiger charge is -2.19. The van der Waals surface area contributed by atoms with E-state index in [9.17, 15) is 13.2 Å². The minimum atomic E-state index is -3.50. The van der Waals surface area contributed by atoms with Crippen molar-refractivity contribution in [1.82, 2.24) is 10.3 Å². The molecule has 152 valence electrons. The monoisotopic (exact) mass is 405 g/mol. The van der Waals surface area contributed by atoms with Gasteiger partial charge >= 0.3 is 0 Å². The first-order valence-corrected chi connectivity index (χ1v) is 11.0. The Labute approximate surface area is 166 Å². The number of methoxy groups -OCH3 is 1. The van der Waals surface area contributed by atoms with Crippen LogP contribution in [-0.4, -0.2) is 32.2 Å². The second-order valence-electron chi connectivity index (χ2n) is 6.39. The van der Waals surface area contributed by atoms with Crippen LogP contribution in [0.3, 0.4) is 0 Å². The quantitative estimate of drug-likeness (QED) is 0.630. The Morgan fingerprint density at radius 1 is 1.18 bits per heavy atom. The fraction of sp³-hybridized carbons (Fsp3) is 0.400. The Kier molecular flexibility index (Phi) is 7.80. The number of rotatable bonds is 10. The summed E-state index contributed by atoms with van der Waals surface area (Å²) in [5.74, 6) is 0.169. The van der Waals surface area contributed by atoms with Crippen molar-refractivity contribution in [3.8, 4) is 5.88 Å². The minimum absolute atomic E-state index is 0.0224. The molecule has 1 heterocycles. The standard InChI is InChI=1S/C20H27N3O4S/c1-4-6-13-28(25,26)23-18-10-8-7-9-16(18)20(24)22-17(5-2)15-11-12-19(27-3)21-14-15/h7-12,14,17,23H,4-6,13H2,1-3H3,(H,22,24)/t17-/m0/s1. The number of amides is 1. The molecular formula is C20H27N3O4S. The van der Waals surface area contributed by atoms with Crippen LogP contribution in [0.2, 0.25) is 0 Å². The molecule has 28 heavy (non-hydrogen) atoms. The third-order valence-corrected chi connectivity index (χ3v) is 5.65. The van der Waals surface area contributed by atoms with E-state index in [1.807, 2.05) is 19.9 Å². The largest absolute Gasteiger partial charge is 0.481 e. The Bertz CT molecular complexity index is 883. The molecule has 0 aliphatic rings. The zero-order valence-corrected chi connectivity index (χ0v) is 17.3. The molecule has 0 saturated heterocycles. The summed E-state index contributed by atoms with van der Waals surface area (Å²) in [5.41, 5.74) is 1.40. The lowest BCUT2D eigenvalue weighted by atomic mass is 10.1. The van der Waals surface area contributed by atoms with Crippen molar-refractivity contribution in [1.29, 1.82) is 0 Å². The molecule has 0 radical (unpaired) electrons. The molecule has 1 aromatic carbocycles. The van der Waals surface area contributed by atoms with Gasteiger partial charge in [-0.05, 0) is 30.5 Å². The minimum Gasteiger partial charge on any atom is -0.481 e. The number of aromatic nitrogens is 1. The van der Waals surface area contributed by atoms with Gasteiger partial charge in [-0.25, -0.2) is 13.4 Å². The van der Waals surface area contributed by atoms with E-state index in [-0.39, 0.29) is 29.0 Å². The topological polar surface area (TPSA) is 97.4 Å². The predicted octanol–water partition coefficient (Wildman–Crippen LogP) is 3.51. The van der Waals surface area contributed by atoms with Gasteiger partial charge in [-0.2, -0.15) is 0 Å². The highest BCUT2D eigenvalue weighted by Gasteiger charge is 2.19. The summed E-state index contributed by atoms with van der Waals surface area (Å²) >= 11 is 0. The lowest BCUT2D eigenvalue weighted by Crippen LogP contribution is -2.29. The molecule has 7 nitrogen and oxygen atoms in total. The maximum atomic E-state index is 12.8. The molecule has 2 N–H and O–H groups in total. The smallest absolute Gasteiger partial charge is 0.253 e. The summed E-state index contributed by atoms with van der Waals surface area (Å²) in [6.45, 7) is 3.88. The number of nitrogens with zero attached hydrogens (tertiary/aromatic N) is 1. The van der Waals surface area contributed by atoms with Crippen LogP contribution in [0.4, 0.5) is 5.69 Å². The SMILES string of the molecule is CCCCS(=O)(=O)Nc1ccccc1C(=O)N[C@@H](CC)c1ccc(OC)nc1. The number of hydrogen-bond acceptors (Lipinski definition) is 5. The van der Waals surface area contributed by atoms with Gasteiger partial charge in [0.2, 0.25) is 15.9 Å². The Morgan fingerprint density at radius 2 is 1.93 bits per heavy atom. The van der Waals surface area contributed by atoms with Crippen molar-refractivity contribution in [2.24, 2.45) is 0 Å². The van der Waals surface area contributed by atoms with Crippen molar-refractivity contribution in [2.45, 2.75) is 39.2 Å². The molecule has 0 fully saturated rings. The van der Waals surface area contributed by atoms with Gasteiger partial charge in [-0.1, -0.05) is 38.5 Å². The molecule has 0 saturated carbocycles. The van der Waals surface area contributed by atoms with Crippen LogP contribution in [0.25, 0.3) is 0 Å². The maximum absolute atomic E-state index is 12.8. The number of para-hydroxylation sites is 1. The van der Waals surface area contributed by atoms with Gasteiger partial charge in [0.15, 0.2) is 0 Å². The molecule has 0 aliphatic carbocycles. The number of nitrogens with one attached hydrogen (secondary N) is 2. The summed E-state index contributed by atoms with van der Waals surface area (Å²) in [7, 11) is -1.96. The Morgan fingerprint density at radius 3 is 2.54 bits per heavy atom. The first kappa shape index (κ1) is 21.7. The molecule has 0 unspecified atom stereocenters. The summed E-state index contributed by atoms with van der Waals surface area (Å²) in [6.07, 6.45) is 3.65. The summed E-state index contributed by atoms with van der Waals surface area (Å²) in [5, 5.41) is 2.95. The first-order valence-electron chi connectivity index (χ1n) is 9.30. The number of pyridine rings is 1. The zero-order valence-electron chi connectivity index (χ0n) is 16.4. The van der Waals surface area contributed by atoms with Gasteiger partial charge < -0.3 is 10.1 Å². The molecule has 1 atom stereocenters. The second-order valence-corrected chi connectivity index (χ2v) is 8.23. The highest BCUT2D eigenvalue weighted by molar-refractivity contribution is 7.92. The van der Waals surface area contributed by atoms with Crippen LogP contribution >= 0.6 is 0 Å². The summed E-state index contributed by atoms with van der Waals surface area (Å²) in [6, 6.07) is 9.92. The molecular weight excluding hydrogens is 378 g/mol. The van der Waals surface area contributed by atoms with Crippen molar-refractivity contribution < 1.29 is 17.9 Å². The Hall–Kier alpha value is -2.61. The van der Waals surface area contributed by atoms with Gasteiger partial charge in [-0.15, -0.1) is 0 Å². The highest BCUT2D eigenvalue weighted by atomic mass is 32.2. The van der Waals surface area contributed by atoms with Crippen LogP contribution in [0.5, 0.6) is 5.88 Å². The number of carbonyl (C=O) groups excluding carboxylic acids is 1. The third kappa shape index (κ3) is 5.95.